The number of morpholine rings is 1. The van der Waals surface area contributed by atoms with Gasteiger partial charge in [0, 0.05) is 26.2 Å². The van der Waals surface area contributed by atoms with Crippen LogP contribution in [0.15, 0.2) is 6.20 Å². The zero-order valence-corrected chi connectivity index (χ0v) is 12.8. The first-order valence-corrected chi connectivity index (χ1v) is 7.37. The highest BCUT2D eigenvalue weighted by Gasteiger charge is 2.18. The van der Waals surface area contributed by atoms with Crippen LogP contribution in [0.2, 0.25) is 5.02 Å². The summed E-state index contributed by atoms with van der Waals surface area (Å²) in [5.74, 6) is 1.25. The SMILES string of the molecule is CCCNc1ncc(Cl)c(NCC2CN(C)CCO2)n1. The van der Waals surface area contributed by atoms with Crippen LogP contribution in [-0.4, -0.2) is 60.8 Å². The number of rotatable bonds is 6. The van der Waals surface area contributed by atoms with E-state index in [0.29, 0.717) is 23.3 Å². The zero-order valence-electron chi connectivity index (χ0n) is 12.0. The van der Waals surface area contributed by atoms with Crippen LogP contribution in [0.3, 0.4) is 0 Å². The molecule has 1 aromatic heterocycles. The van der Waals surface area contributed by atoms with E-state index in [0.717, 1.165) is 32.7 Å². The van der Waals surface area contributed by atoms with Crippen molar-refractivity contribution in [2.45, 2.75) is 19.4 Å². The minimum atomic E-state index is 0.159. The molecule has 20 heavy (non-hydrogen) atoms. The normalized spacial score (nSPS) is 19.9. The van der Waals surface area contributed by atoms with Crippen LogP contribution in [-0.2, 0) is 4.74 Å². The van der Waals surface area contributed by atoms with Crippen LogP contribution >= 0.6 is 11.6 Å². The number of aromatic nitrogens is 2. The fraction of sp³-hybridized carbons (Fsp3) is 0.692. The summed E-state index contributed by atoms with van der Waals surface area (Å²) in [7, 11) is 2.10. The van der Waals surface area contributed by atoms with Gasteiger partial charge in [-0.15, -0.1) is 0 Å². The third-order valence-electron chi connectivity index (χ3n) is 3.12. The van der Waals surface area contributed by atoms with E-state index in [1.54, 1.807) is 6.20 Å². The van der Waals surface area contributed by atoms with Gasteiger partial charge in [0.15, 0.2) is 5.82 Å². The molecule has 1 atom stereocenters. The van der Waals surface area contributed by atoms with Gasteiger partial charge in [0.2, 0.25) is 5.95 Å². The monoisotopic (exact) mass is 299 g/mol. The van der Waals surface area contributed by atoms with Crippen molar-refractivity contribution in [1.29, 1.82) is 0 Å². The van der Waals surface area contributed by atoms with Gasteiger partial charge in [-0.3, -0.25) is 0 Å². The smallest absolute Gasteiger partial charge is 0.224 e. The Labute approximate surface area is 124 Å². The summed E-state index contributed by atoms with van der Waals surface area (Å²) in [6, 6.07) is 0. The largest absolute Gasteiger partial charge is 0.374 e. The Bertz CT molecular complexity index is 431. The van der Waals surface area contributed by atoms with E-state index in [4.69, 9.17) is 16.3 Å². The molecule has 6 nitrogen and oxygen atoms in total. The second-order valence-corrected chi connectivity index (χ2v) is 5.36. The van der Waals surface area contributed by atoms with Gasteiger partial charge in [0.25, 0.3) is 0 Å². The number of likely N-dealkylation sites (N-methyl/N-ethyl adjacent to an activating group) is 1. The van der Waals surface area contributed by atoms with Gasteiger partial charge in [-0.1, -0.05) is 18.5 Å². The molecule has 112 valence electrons. The van der Waals surface area contributed by atoms with Crippen molar-refractivity contribution in [2.75, 3.05) is 50.5 Å². The molecule has 0 aromatic carbocycles. The Morgan fingerprint density at radius 3 is 3.10 bits per heavy atom. The summed E-state index contributed by atoms with van der Waals surface area (Å²) < 4.78 is 5.70. The van der Waals surface area contributed by atoms with Crippen LogP contribution in [0.1, 0.15) is 13.3 Å². The number of nitrogens with zero attached hydrogens (tertiary/aromatic N) is 3. The number of ether oxygens (including phenoxy) is 1. The lowest BCUT2D eigenvalue weighted by Crippen LogP contribution is -2.43. The van der Waals surface area contributed by atoms with E-state index in [1.807, 2.05) is 0 Å². The highest BCUT2D eigenvalue weighted by Crippen LogP contribution is 2.19. The maximum atomic E-state index is 6.11. The van der Waals surface area contributed by atoms with Crippen molar-refractivity contribution in [1.82, 2.24) is 14.9 Å². The molecule has 1 saturated heterocycles. The second kappa shape index (κ2) is 7.61. The van der Waals surface area contributed by atoms with E-state index in [2.05, 4.69) is 39.5 Å². The molecule has 7 heteroatoms. The fourth-order valence-electron chi connectivity index (χ4n) is 2.01. The summed E-state index contributed by atoms with van der Waals surface area (Å²) in [6.07, 6.45) is 2.80. The molecule has 2 rings (SSSR count). The maximum Gasteiger partial charge on any atom is 0.224 e. The molecule has 2 heterocycles. The number of hydrogen-bond donors (Lipinski definition) is 2. The van der Waals surface area contributed by atoms with Gasteiger partial charge in [0.1, 0.15) is 5.02 Å². The van der Waals surface area contributed by atoms with Crippen LogP contribution < -0.4 is 10.6 Å². The average Bonchev–Trinajstić information content (AvgIpc) is 2.45. The maximum absolute atomic E-state index is 6.11. The van der Waals surface area contributed by atoms with Gasteiger partial charge >= 0.3 is 0 Å². The number of hydrogen-bond acceptors (Lipinski definition) is 6. The van der Waals surface area contributed by atoms with Gasteiger partial charge in [0.05, 0.1) is 18.9 Å². The average molecular weight is 300 g/mol. The van der Waals surface area contributed by atoms with Crippen molar-refractivity contribution >= 4 is 23.4 Å². The molecule has 0 spiro atoms. The molecule has 0 bridgehead atoms. The highest BCUT2D eigenvalue weighted by molar-refractivity contribution is 6.32. The first-order valence-electron chi connectivity index (χ1n) is 6.99. The highest BCUT2D eigenvalue weighted by atomic mass is 35.5. The molecule has 0 aliphatic carbocycles. The lowest BCUT2D eigenvalue weighted by molar-refractivity contribution is -0.0117. The van der Waals surface area contributed by atoms with Crippen LogP contribution in [0.5, 0.6) is 0 Å². The molecule has 1 fully saturated rings. The molecule has 0 amide bonds. The Balaban J connectivity index is 1.90. The van der Waals surface area contributed by atoms with E-state index in [1.165, 1.54) is 0 Å². The van der Waals surface area contributed by atoms with Gasteiger partial charge in [-0.05, 0) is 13.5 Å². The summed E-state index contributed by atoms with van der Waals surface area (Å²) in [6.45, 7) is 6.29. The van der Waals surface area contributed by atoms with Crippen LogP contribution in [0.4, 0.5) is 11.8 Å². The number of halogens is 1. The van der Waals surface area contributed by atoms with Gasteiger partial charge < -0.3 is 20.3 Å². The fourth-order valence-corrected chi connectivity index (χ4v) is 2.17. The van der Waals surface area contributed by atoms with Gasteiger partial charge in [-0.25, -0.2) is 4.98 Å². The molecule has 0 radical (unpaired) electrons. The zero-order chi connectivity index (χ0) is 14.4. The Kier molecular flexibility index (Phi) is 5.82. The van der Waals surface area contributed by atoms with E-state index < -0.39 is 0 Å². The Hall–Kier alpha value is -1.11. The van der Waals surface area contributed by atoms with Gasteiger partial charge in [-0.2, -0.15) is 4.98 Å². The second-order valence-electron chi connectivity index (χ2n) is 4.95. The number of anilines is 2. The van der Waals surface area contributed by atoms with E-state index in [9.17, 15) is 0 Å². The molecule has 1 unspecified atom stereocenters. The predicted molar refractivity (Wildman–Crippen MR) is 81.5 cm³/mol. The molecular weight excluding hydrogens is 278 g/mol. The van der Waals surface area contributed by atoms with Crippen molar-refractivity contribution in [3.8, 4) is 0 Å². The van der Waals surface area contributed by atoms with E-state index in [-0.39, 0.29) is 6.10 Å². The molecule has 1 aliphatic heterocycles. The summed E-state index contributed by atoms with van der Waals surface area (Å²) in [4.78, 5) is 10.8. The molecule has 2 N–H and O–H groups in total. The topological polar surface area (TPSA) is 62.3 Å². The summed E-state index contributed by atoms with van der Waals surface area (Å²) in [5.41, 5.74) is 0. The minimum Gasteiger partial charge on any atom is -0.374 e. The standard InChI is InChI=1S/C13H22ClN5O/c1-3-4-15-13-17-8-11(14)12(18-13)16-7-10-9-19(2)5-6-20-10/h8,10H,3-7,9H2,1-2H3,(H2,15,16,17,18). The van der Waals surface area contributed by atoms with Crippen molar-refractivity contribution < 1.29 is 4.74 Å². The van der Waals surface area contributed by atoms with Crippen molar-refractivity contribution in [2.24, 2.45) is 0 Å². The summed E-state index contributed by atoms with van der Waals surface area (Å²) in [5, 5.41) is 6.92. The Morgan fingerprint density at radius 1 is 1.50 bits per heavy atom. The van der Waals surface area contributed by atoms with Crippen molar-refractivity contribution in [3.63, 3.8) is 0 Å². The Morgan fingerprint density at radius 2 is 2.35 bits per heavy atom. The molecule has 1 aromatic rings. The lowest BCUT2D eigenvalue weighted by Gasteiger charge is -2.30. The minimum absolute atomic E-state index is 0.159. The molecule has 1 aliphatic rings. The van der Waals surface area contributed by atoms with Crippen LogP contribution in [0, 0.1) is 0 Å². The summed E-state index contributed by atoms with van der Waals surface area (Å²) >= 11 is 6.11. The number of nitrogens with one attached hydrogen (secondary N) is 2. The molecule has 0 saturated carbocycles. The first-order chi connectivity index (χ1) is 9.69. The third-order valence-corrected chi connectivity index (χ3v) is 3.39. The third kappa shape index (κ3) is 4.47. The first kappa shape index (κ1) is 15.3. The molecular formula is C13H22ClN5O. The predicted octanol–water partition coefficient (Wildman–Crippen LogP) is 1.69. The quantitative estimate of drug-likeness (QED) is 0.833. The lowest BCUT2D eigenvalue weighted by atomic mass is 10.3. The van der Waals surface area contributed by atoms with E-state index >= 15 is 0 Å². The van der Waals surface area contributed by atoms with Crippen LogP contribution in [0.25, 0.3) is 0 Å². The van der Waals surface area contributed by atoms with Crippen molar-refractivity contribution in [3.05, 3.63) is 11.2 Å².